The van der Waals surface area contributed by atoms with Gasteiger partial charge in [-0.15, -0.1) is 0 Å². The zero-order valence-electron chi connectivity index (χ0n) is 16.8. The molecule has 0 fully saturated rings. The molecule has 6 heteroatoms. The summed E-state index contributed by atoms with van der Waals surface area (Å²) in [5.74, 6) is 1.03. The van der Waals surface area contributed by atoms with Gasteiger partial charge in [0.25, 0.3) is 0 Å². The van der Waals surface area contributed by atoms with E-state index in [0.717, 1.165) is 24.1 Å². The van der Waals surface area contributed by atoms with Crippen LogP contribution in [0.25, 0.3) is 0 Å². The van der Waals surface area contributed by atoms with E-state index in [1.54, 1.807) is 26.4 Å². The quantitative estimate of drug-likeness (QED) is 0.826. The summed E-state index contributed by atoms with van der Waals surface area (Å²) in [4.78, 5) is 13.9. The number of carbonyl (C=O) groups excluding carboxylic acids is 1. The normalized spacial score (nSPS) is 17.5. The van der Waals surface area contributed by atoms with Crippen LogP contribution in [0, 0.1) is 5.82 Å². The third-order valence-corrected chi connectivity index (χ3v) is 5.26. The van der Waals surface area contributed by atoms with E-state index in [2.05, 4.69) is 10.2 Å². The highest BCUT2D eigenvalue weighted by Gasteiger charge is 2.33. The number of benzene rings is 2. The first-order valence-electron chi connectivity index (χ1n) is 9.44. The lowest BCUT2D eigenvalue weighted by molar-refractivity contribution is -0.120. The monoisotopic (exact) mass is 386 g/mol. The summed E-state index contributed by atoms with van der Waals surface area (Å²) in [6.45, 7) is 4.71. The molecule has 1 N–H and O–H groups in total. The number of carbonyl (C=O) groups is 1. The molecule has 1 amide bonds. The molecule has 0 aliphatic carbocycles. The van der Waals surface area contributed by atoms with Crippen LogP contribution in [0.3, 0.4) is 0 Å². The van der Waals surface area contributed by atoms with Crippen molar-refractivity contribution in [2.75, 3.05) is 20.8 Å². The van der Waals surface area contributed by atoms with Crippen LogP contribution in [0.4, 0.5) is 4.39 Å². The Morgan fingerprint density at radius 1 is 1.25 bits per heavy atom. The van der Waals surface area contributed by atoms with Crippen LogP contribution in [-0.2, 0) is 17.8 Å². The Labute approximate surface area is 165 Å². The van der Waals surface area contributed by atoms with Gasteiger partial charge >= 0.3 is 0 Å². The molecule has 5 nitrogen and oxygen atoms in total. The molecule has 0 bridgehead atoms. The number of hydrogen-bond donors (Lipinski definition) is 1. The topological polar surface area (TPSA) is 50.8 Å². The number of halogens is 1. The van der Waals surface area contributed by atoms with Gasteiger partial charge in [-0.2, -0.15) is 0 Å². The number of fused-ring (bicyclic) bond motifs is 1. The van der Waals surface area contributed by atoms with Crippen molar-refractivity contribution in [3.05, 3.63) is 58.9 Å². The summed E-state index contributed by atoms with van der Waals surface area (Å²) in [6, 6.07) is 10.5. The van der Waals surface area contributed by atoms with E-state index in [1.807, 2.05) is 25.1 Å². The summed E-state index contributed by atoms with van der Waals surface area (Å²) in [5, 5.41) is 3.00. The van der Waals surface area contributed by atoms with Crippen molar-refractivity contribution < 1.29 is 18.7 Å². The predicted octanol–water partition coefficient (Wildman–Crippen LogP) is 3.47. The fourth-order valence-electron chi connectivity index (χ4n) is 4.04. The average Bonchev–Trinajstić information content (AvgIpc) is 2.67. The fraction of sp³-hybridized carbons (Fsp3) is 0.409. The van der Waals surface area contributed by atoms with Crippen LogP contribution in [0.2, 0.25) is 0 Å². The van der Waals surface area contributed by atoms with Gasteiger partial charge in [-0.3, -0.25) is 9.69 Å². The third kappa shape index (κ3) is 4.12. The van der Waals surface area contributed by atoms with E-state index in [1.165, 1.54) is 13.0 Å². The van der Waals surface area contributed by atoms with Crippen molar-refractivity contribution in [3.63, 3.8) is 0 Å². The van der Waals surface area contributed by atoms with Crippen molar-refractivity contribution in [1.29, 1.82) is 0 Å². The van der Waals surface area contributed by atoms with Gasteiger partial charge in [-0.05, 0) is 42.7 Å². The molecule has 150 valence electrons. The minimum atomic E-state index is -0.216. The molecule has 1 aliphatic heterocycles. The van der Waals surface area contributed by atoms with Crippen molar-refractivity contribution in [2.24, 2.45) is 0 Å². The Morgan fingerprint density at radius 2 is 1.93 bits per heavy atom. The zero-order chi connectivity index (χ0) is 20.3. The number of rotatable bonds is 6. The molecule has 0 saturated heterocycles. The Bertz CT molecular complexity index is 856. The van der Waals surface area contributed by atoms with Gasteiger partial charge in [0, 0.05) is 31.6 Å². The van der Waals surface area contributed by atoms with Gasteiger partial charge in [-0.25, -0.2) is 4.39 Å². The van der Waals surface area contributed by atoms with Gasteiger partial charge in [0.2, 0.25) is 5.91 Å². The molecule has 28 heavy (non-hydrogen) atoms. The van der Waals surface area contributed by atoms with E-state index >= 15 is 0 Å². The number of nitrogens with one attached hydrogen (secondary N) is 1. The van der Waals surface area contributed by atoms with Crippen LogP contribution in [-0.4, -0.2) is 37.6 Å². The van der Waals surface area contributed by atoms with Crippen molar-refractivity contribution in [3.8, 4) is 11.5 Å². The van der Waals surface area contributed by atoms with Gasteiger partial charge in [0.05, 0.1) is 20.3 Å². The van der Waals surface area contributed by atoms with E-state index in [9.17, 15) is 9.18 Å². The number of methoxy groups -OCH3 is 2. The molecule has 3 rings (SSSR count). The fourth-order valence-corrected chi connectivity index (χ4v) is 4.04. The highest BCUT2D eigenvalue weighted by atomic mass is 19.1. The number of amides is 1. The summed E-state index contributed by atoms with van der Waals surface area (Å²) >= 11 is 0. The Balaban J connectivity index is 2.02. The second-order valence-corrected chi connectivity index (χ2v) is 7.15. The first-order valence-corrected chi connectivity index (χ1v) is 9.44. The van der Waals surface area contributed by atoms with Gasteiger partial charge in [0.1, 0.15) is 5.82 Å². The van der Waals surface area contributed by atoms with Crippen LogP contribution < -0.4 is 14.8 Å². The van der Waals surface area contributed by atoms with E-state index in [0.29, 0.717) is 23.6 Å². The standard InChI is InChI=1S/C22H27FN2O3/c1-14(24-15(2)26)22-18-12-21(28-4)20(27-3)11-16(18)9-10-25(22)13-17-7-5-6-8-19(17)23/h5-8,11-12,14,22H,9-10,13H2,1-4H3,(H,24,26)/t14-,22-/m1/s1. The Hall–Kier alpha value is -2.60. The molecular weight excluding hydrogens is 359 g/mol. The van der Waals surface area contributed by atoms with Gasteiger partial charge < -0.3 is 14.8 Å². The second-order valence-electron chi connectivity index (χ2n) is 7.15. The lowest BCUT2D eigenvalue weighted by Gasteiger charge is -2.41. The van der Waals surface area contributed by atoms with E-state index in [-0.39, 0.29) is 23.8 Å². The minimum absolute atomic E-state index is 0.0917. The second kappa shape index (κ2) is 8.61. The first-order chi connectivity index (χ1) is 13.4. The summed E-state index contributed by atoms with van der Waals surface area (Å²) in [7, 11) is 3.23. The molecule has 2 aromatic carbocycles. The van der Waals surface area contributed by atoms with Crippen LogP contribution >= 0.6 is 0 Å². The molecule has 0 radical (unpaired) electrons. The molecule has 2 atom stereocenters. The molecule has 1 heterocycles. The lowest BCUT2D eigenvalue weighted by atomic mass is 9.87. The molecule has 1 aliphatic rings. The van der Waals surface area contributed by atoms with Crippen molar-refractivity contribution in [1.82, 2.24) is 10.2 Å². The van der Waals surface area contributed by atoms with Crippen molar-refractivity contribution >= 4 is 5.91 Å². The summed E-state index contributed by atoms with van der Waals surface area (Å²) < 4.78 is 25.2. The third-order valence-electron chi connectivity index (χ3n) is 5.26. The minimum Gasteiger partial charge on any atom is -0.493 e. The molecule has 0 unspecified atom stereocenters. The maximum atomic E-state index is 14.3. The molecule has 0 aromatic heterocycles. The largest absolute Gasteiger partial charge is 0.493 e. The van der Waals surface area contributed by atoms with Crippen LogP contribution in [0.15, 0.2) is 36.4 Å². The SMILES string of the molecule is COc1cc2c(cc1OC)[C@@H]([C@@H](C)NC(C)=O)N(Cc1ccccc1F)CC2. The molecule has 0 spiro atoms. The van der Waals surface area contributed by atoms with E-state index in [4.69, 9.17) is 9.47 Å². The number of hydrogen-bond acceptors (Lipinski definition) is 4. The predicted molar refractivity (Wildman–Crippen MR) is 106 cm³/mol. The summed E-state index contributed by atoms with van der Waals surface area (Å²) in [5.41, 5.74) is 2.87. The maximum absolute atomic E-state index is 14.3. The molecular formula is C22H27FN2O3. The first kappa shape index (κ1) is 20.1. The lowest BCUT2D eigenvalue weighted by Crippen LogP contribution is -2.47. The van der Waals surface area contributed by atoms with Crippen LogP contribution in [0.1, 0.15) is 36.6 Å². The molecule has 2 aromatic rings. The number of ether oxygens (including phenoxy) is 2. The highest BCUT2D eigenvalue weighted by molar-refractivity contribution is 5.73. The smallest absolute Gasteiger partial charge is 0.217 e. The summed E-state index contributed by atoms with van der Waals surface area (Å²) in [6.07, 6.45) is 0.813. The maximum Gasteiger partial charge on any atom is 0.217 e. The Kier molecular flexibility index (Phi) is 6.19. The number of nitrogens with zero attached hydrogens (tertiary/aromatic N) is 1. The highest BCUT2D eigenvalue weighted by Crippen LogP contribution is 2.40. The zero-order valence-corrected chi connectivity index (χ0v) is 16.8. The van der Waals surface area contributed by atoms with E-state index < -0.39 is 0 Å². The molecule has 0 saturated carbocycles. The van der Waals surface area contributed by atoms with Gasteiger partial charge in [-0.1, -0.05) is 18.2 Å². The average molecular weight is 386 g/mol. The van der Waals surface area contributed by atoms with Gasteiger partial charge in [0.15, 0.2) is 11.5 Å². The Morgan fingerprint density at radius 3 is 2.57 bits per heavy atom. The van der Waals surface area contributed by atoms with Crippen molar-refractivity contribution in [2.45, 2.75) is 38.9 Å². The van der Waals surface area contributed by atoms with Crippen LogP contribution in [0.5, 0.6) is 11.5 Å².